The monoisotopic (exact) mass is 334 g/mol. The summed E-state index contributed by atoms with van der Waals surface area (Å²) in [6, 6.07) is 6.02. The maximum Gasteiger partial charge on any atom is 0.258 e. The Balaban J connectivity index is 1.84. The summed E-state index contributed by atoms with van der Waals surface area (Å²) in [4.78, 5) is 12.5. The van der Waals surface area contributed by atoms with Gasteiger partial charge in [0.25, 0.3) is 5.91 Å². The maximum atomic E-state index is 12.4. The smallest absolute Gasteiger partial charge is 0.258 e. The molecule has 1 N–H and O–H groups in total. The van der Waals surface area contributed by atoms with Crippen LogP contribution in [0.1, 0.15) is 41.4 Å². The Morgan fingerprint density at radius 1 is 1.30 bits per heavy atom. The second-order valence-corrected chi connectivity index (χ2v) is 7.81. The molecule has 0 fully saturated rings. The molecule has 0 aliphatic heterocycles. The molecule has 0 atom stereocenters. The molecule has 1 aliphatic carbocycles. The Morgan fingerprint density at radius 3 is 2.87 bits per heavy atom. The van der Waals surface area contributed by atoms with Gasteiger partial charge in [0.05, 0.1) is 16.3 Å². The van der Waals surface area contributed by atoms with Gasteiger partial charge in [-0.25, -0.2) is 8.42 Å². The minimum Gasteiger partial charge on any atom is -0.338 e. The van der Waals surface area contributed by atoms with E-state index in [4.69, 9.17) is 4.52 Å². The van der Waals surface area contributed by atoms with Gasteiger partial charge in [-0.1, -0.05) is 18.1 Å². The summed E-state index contributed by atoms with van der Waals surface area (Å²) in [6.07, 6.45) is 3.81. The van der Waals surface area contributed by atoms with E-state index in [0.29, 0.717) is 5.88 Å². The van der Waals surface area contributed by atoms with Gasteiger partial charge in [-0.2, -0.15) is 0 Å². The molecule has 1 aliphatic rings. The van der Waals surface area contributed by atoms with Crippen LogP contribution >= 0.6 is 0 Å². The highest BCUT2D eigenvalue weighted by Gasteiger charge is 2.21. The van der Waals surface area contributed by atoms with Crippen molar-refractivity contribution in [2.45, 2.75) is 37.5 Å². The summed E-state index contributed by atoms with van der Waals surface area (Å²) in [5, 5.41) is 6.69. The summed E-state index contributed by atoms with van der Waals surface area (Å²) < 4.78 is 29.1. The van der Waals surface area contributed by atoms with Crippen molar-refractivity contribution in [1.29, 1.82) is 0 Å². The summed E-state index contributed by atoms with van der Waals surface area (Å²) in [5.41, 5.74) is 2.12. The number of hydrogen-bond donors (Lipinski definition) is 1. The van der Waals surface area contributed by atoms with Crippen molar-refractivity contribution in [2.24, 2.45) is 0 Å². The third kappa shape index (κ3) is 3.14. The molecule has 0 bridgehead atoms. The molecule has 1 heterocycles. The topological polar surface area (TPSA) is 89.3 Å². The van der Waals surface area contributed by atoms with Crippen LogP contribution in [0, 0.1) is 0 Å². The fourth-order valence-corrected chi connectivity index (χ4v) is 3.59. The Hall–Kier alpha value is -2.15. The number of sulfone groups is 1. The molecule has 0 saturated heterocycles. The van der Waals surface area contributed by atoms with Crippen LogP contribution in [0.15, 0.2) is 33.7 Å². The number of nitrogens with zero attached hydrogens (tertiary/aromatic N) is 1. The minimum atomic E-state index is -3.35. The van der Waals surface area contributed by atoms with Crippen LogP contribution in [0.5, 0.6) is 0 Å². The molecule has 1 aromatic carbocycles. The minimum absolute atomic E-state index is 0.00627. The van der Waals surface area contributed by atoms with E-state index in [-0.39, 0.29) is 16.2 Å². The van der Waals surface area contributed by atoms with E-state index in [1.807, 2.05) is 0 Å². The Bertz CT molecular complexity index is 840. The van der Waals surface area contributed by atoms with Crippen LogP contribution in [0.4, 0.5) is 5.88 Å². The third-order valence-corrected chi connectivity index (χ3v) is 5.75. The van der Waals surface area contributed by atoms with E-state index in [2.05, 4.69) is 10.5 Å². The van der Waals surface area contributed by atoms with Crippen molar-refractivity contribution in [3.63, 3.8) is 0 Å². The molecule has 0 radical (unpaired) electrons. The highest BCUT2D eigenvalue weighted by molar-refractivity contribution is 7.91. The van der Waals surface area contributed by atoms with E-state index < -0.39 is 15.7 Å². The summed E-state index contributed by atoms with van der Waals surface area (Å²) in [5.74, 6) is -0.0376. The zero-order valence-electron chi connectivity index (χ0n) is 12.8. The lowest BCUT2D eigenvalue weighted by molar-refractivity contribution is 0.102. The van der Waals surface area contributed by atoms with Crippen molar-refractivity contribution in [1.82, 2.24) is 5.16 Å². The molecule has 0 spiro atoms. The van der Waals surface area contributed by atoms with Crippen molar-refractivity contribution < 1.29 is 17.7 Å². The van der Waals surface area contributed by atoms with E-state index in [1.54, 1.807) is 19.1 Å². The van der Waals surface area contributed by atoms with Gasteiger partial charge >= 0.3 is 0 Å². The second-order valence-electron chi connectivity index (χ2n) is 5.53. The molecule has 122 valence electrons. The Labute approximate surface area is 134 Å². The molecular weight excluding hydrogens is 316 g/mol. The lowest BCUT2D eigenvalue weighted by atomic mass is 9.97. The van der Waals surface area contributed by atoms with Gasteiger partial charge in [0.15, 0.2) is 9.84 Å². The van der Waals surface area contributed by atoms with Crippen molar-refractivity contribution >= 4 is 21.6 Å². The van der Waals surface area contributed by atoms with Crippen LogP contribution in [-0.2, 0) is 22.7 Å². The highest BCUT2D eigenvalue weighted by Crippen LogP contribution is 2.28. The predicted molar refractivity (Wildman–Crippen MR) is 85.3 cm³/mol. The second kappa shape index (κ2) is 6.16. The molecule has 3 rings (SSSR count). The number of amides is 1. The zero-order chi connectivity index (χ0) is 16.4. The van der Waals surface area contributed by atoms with Crippen molar-refractivity contribution in [2.75, 3.05) is 11.1 Å². The van der Waals surface area contributed by atoms with Gasteiger partial charge in [-0.3, -0.25) is 10.1 Å². The molecule has 6 nitrogen and oxygen atoms in total. The molecule has 1 aromatic heterocycles. The number of aromatic nitrogens is 1. The van der Waals surface area contributed by atoms with Gasteiger partial charge in [-0.15, -0.1) is 0 Å². The van der Waals surface area contributed by atoms with Crippen molar-refractivity contribution in [3.05, 3.63) is 41.1 Å². The van der Waals surface area contributed by atoms with Crippen LogP contribution in [0.25, 0.3) is 0 Å². The average Bonchev–Trinajstić information content (AvgIpc) is 2.98. The fourth-order valence-electron chi connectivity index (χ4n) is 2.66. The molecule has 0 saturated carbocycles. The molecule has 7 heteroatoms. The standard InChI is InChI=1S/C16H18N2O4S/c1-2-23(20,21)12-7-5-6-11(10-12)15(19)17-16-13-8-3-4-9-14(13)18-22-16/h5-7,10H,2-4,8-9H2,1H3,(H,17,19). The number of benzene rings is 1. The Morgan fingerprint density at radius 2 is 2.09 bits per heavy atom. The van der Waals surface area contributed by atoms with E-state index >= 15 is 0 Å². The van der Waals surface area contributed by atoms with Crippen LogP contribution in [0.2, 0.25) is 0 Å². The summed E-state index contributed by atoms with van der Waals surface area (Å²) in [7, 11) is -3.35. The Kier molecular flexibility index (Phi) is 4.21. The first-order valence-electron chi connectivity index (χ1n) is 7.63. The van der Waals surface area contributed by atoms with Gasteiger partial charge < -0.3 is 4.52 Å². The van der Waals surface area contributed by atoms with E-state index in [1.165, 1.54) is 12.1 Å². The lowest BCUT2D eigenvalue weighted by Gasteiger charge is -2.10. The normalized spacial score (nSPS) is 14.3. The first-order chi connectivity index (χ1) is 11.0. The molecule has 1 amide bonds. The summed E-state index contributed by atoms with van der Waals surface area (Å²) in [6.45, 7) is 1.57. The summed E-state index contributed by atoms with van der Waals surface area (Å²) >= 11 is 0. The lowest BCUT2D eigenvalue weighted by Crippen LogP contribution is -2.14. The highest BCUT2D eigenvalue weighted by atomic mass is 32.2. The first kappa shape index (κ1) is 15.7. The predicted octanol–water partition coefficient (Wildman–Crippen LogP) is 2.60. The number of anilines is 1. The maximum absolute atomic E-state index is 12.4. The van der Waals surface area contributed by atoms with Gasteiger partial charge in [0.1, 0.15) is 0 Å². The number of rotatable bonds is 4. The molecule has 2 aromatic rings. The quantitative estimate of drug-likeness (QED) is 0.928. The number of nitrogens with one attached hydrogen (secondary N) is 1. The van der Waals surface area contributed by atoms with Gasteiger partial charge in [0, 0.05) is 11.1 Å². The molecule has 0 unspecified atom stereocenters. The van der Waals surface area contributed by atoms with Gasteiger partial charge in [-0.05, 0) is 43.9 Å². The SMILES string of the molecule is CCS(=O)(=O)c1cccc(C(=O)Nc2onc3c2CCCC3)c1. The zero-order valence-corrected chi connectivity index (χ0v) is 13.6. The number of carbonyl (C=O) groups excluding carboxylic acids is 1. The number of carbonyl (C=O) groups is 1. The largest absolute Gasteiger partial charge is 0.338 e. The van der Waals surface area contributed by atoms with E-state index in [0.717, 1.165) is 36.9 Å². The number of fused-ring (bicyclic) bond motifs is 1. The number of hydrogen-bond acceptors (Lipinski definition) is 5. The van der Waals surface area contributed by atoms with Crippen LogP contribution in [-0.4, -0.2) is 25.2 Å². The van der Waals surface area contributed by atoms with E-state index in [9.17, 15) is 13.2 Å². The number of aryl methyl sites for hydroxylation is 1. The average molecular weight is 334 g/mol. The van der Waals surface area contributed by atoms with Crippen LogP contribution < -0.4 is 5.32 Å². The first-order valence-corrected chi connectivity index (χ1v) is 9.28. The molecular formula is C16H18N2O4S. The van der Waals surface area contributed by atoms with Crippen LogP contribution in [0.3, 0.4) is 0 Å². The third-order valence-electron chi connectivity index (χ3n) is 4.02. The van der Waals surface area contributed by atoms with Crippen molar-refractivity contribution in [3.8, 4) is 0 Å². The molecule has 23 heavy (non-hydrogen) atoms. The van der Waals surface area contributed by atoms with Gasteiger partial charge in [0.2, 0.25) is 5.88 Å². The fraction of sp³-hybridized carbons (Fsp3) is 0.375.